The zero-order valence-electron chi connectivity index (χ0n) is 11.0. The van der Waals surface area contributed by atoms with Crippen molar-refractivity contribution in [2.24, 2.45) is 0 Å². The van der Waals surface area contributed by atoms with Gasteiger partial charge in [0.05, 0.1) is 11.5 Å². The van der Waals surface area contributed by atoms with Gasteiger partial charge in [-0.1, -0.05) is 12.1 Å². The number of carboxylic acid groups (broad SMARTS) is 1. The normalized spacial score (nSPS) is 16.1. The standard InChI is InChI=1S/C14H13NO5S/c16-12(17)5-2-6-20-10-4-1-3-9(7-10)8-11-13(18)15-14(19)21-11/h1,3-4,7-8H,2,5-6H2,(H,16,17)(H,15,18,19)/b11-8-. The molecule has 21 heavy (non-hydrogen) atoms. The number of imide groups is 1. The van der Waals surface area contributed by atoms with Crippen LogP contribution in [0.5, 0.6) is 5.75 Å². The van der Waals surface area contributed by atoms with Crippen molar-refractivity contribution >= 4 is 35.0 Å². The Bertz CT molecular complexity index is 611. The molecule has 1 aromatic carbocycles. The van der Waals surface area contributed by atoms with Crippen molar-refractivity contribution in [3.63, 3.8) is 0 Å². The SMILES string of the molecule is O=C(O)CCCOc1cccc(/C=C2\SC(=O)NC2=O)c1. The number of hydrogen-bond acceptors (Lipinski definition) is 5. The predicted octanol–water partition coefficient (Wildman–Crippen LogP) is 2.25. The summed E-state index contributed by atoms with van der Waals surface area (Å²) in [6, 6.07) is 7.02. The van der Waals surface area contributed by atoms with Crippen LogP contribution in [0.2, 0.25) is 0 Å². The second-order valence-electron chi connectivity index (χ2n) is 4.27. The number of hydrogen-bond donors (Lipinski definition) is 2. The van der Waals surface area contributed by atoms with Crippen molar-refractivity contribution in [1.29, 1.82) is 0 Å². The lowest BCUT2D eigenvalue weighted by atomic mass is 10.2. The Kier molecular flexibility index (Phi) is 4.99. The molecular weight excluding hydrogens is 294 g/mol. The van der Waals surface area contributed by atoms with Crippen LogP contribution in [0.3, 0.4) is 0 Å². The Morgan fingerprint density at radius 1 is 1.38 bits per heavy atom. The Labute approximate surface area is 125 Å². The van der Waals surface area contributed by atoms with E-state index >= 15 is 0 Å². The minimum Gasteiger partial charge on any atom is -0.494 e. The number of thioether (sulfide) groups is 1. The van der Waals surface area contributed by atoms with E-state index in [1.807, 2.05) is 0 Å². The van der Waals surface area contributed by atoms with Gasteiger partial charge in [0.25, 0.3) is 11.1 Å². The Balaban J connectivity index is 1.98. The van der Waals surface area contributed by atoms with Gasteiger partial charge in [0, 0.05) is 6.42 Å². The van der Waals surface area contributed by atoms with Crippen molar-refractivity contribution in [3.8, 4) is 5.75 Å². The largest absolute Gasteiger partial charge is 0.494 e. The van der Waals surface area contributed by atoms with Gasteiger partial charge in [-0.25, -0.2) is 0 Å². The highest BCUT2D eigenvalue weighted by atomic mass is 32.2. The zero-order valence-corrected chi connectivity index (χ0v) is 11.8. The fourth-order valence-electron chi connectivity index (χ4n) is 1.68. The van der Waals surface area contributed by atoms with E-state index in [1.54, 1.807) is 30.3 Å². The number of carboxylic acids is 1. The molecule has 6 nitrogen and oxygen atoms in total. The van der Waals surface area contributed by atoms with Crippen molar-refractivity contribution in [1.82, 2.24) is 5.32 Å². The van der Waals surface area contributed by atoms with Crippen molar-refractivity contribution in [3.05, 3.63) is 34.7 Å². The molecule has 1 aliphatic rings. The number of nitrogens with one attached hydrogen (secondary N) is 1. The highest BCUT2D eigenvalue weighted by Crippen LogP contribution is 2.26. The van der Waals surface area contributed by atoms with Crippen LogP contribution >= 0.6 is 11.8 Å². The molecule has 0 unspecified atom stereocenters. The molecule has 2 amide bonds. The van der Waals surface area contributed by atoms with Gasteiger partial charge in [0.2, 0.25) is 0 Å². The van der Waals surface area contributed by atoms with E-state index in [-0.39, 0.29) is 11.7 Å². The van der Waals surface area contributed by atoms with E-state index in [4.69, 9.17) is 9.84 Å². The van der Waals surface area contributed by atoms with E-state index in [2.05, 4.69) is 5.32 Å². The summed E-state index contributed by atoms with van der Waals surface area (Å²) in [5.74, 6) is -0.673. The first kappa shape index (κ1) is 15.1. The fourth-order valence-corrected chi connectivity index (χ4v) is 2.36. The molecule has 0 aliphatic carbocycles. The van der Waals surface area contributed by atoms with Crippen LogP contribution in [0.1, 0.15) is 18.4 Å². The van der Waals surface area contributed by atoms with Crippen LogP contribution in [0, 0.1) is 0 Å². The topological polar surface area (TPSA) is 92.7 Å². The Morgan fingerprint density at radius 3 is 2.86 bits per heavy atom. The molecule has 0 saturated carbocycles. The molecule has 2 N–H and O–H groups in total. The van der Waals surface area contributed by atoms with Gasteiger partial charge in [-0.15, -0.1) is 0 Å². The molecule has 1 aromatic rings. The third-order valence-corrected chi connectivity index (χ3v) is 3.41. The van der Waals surface area contributed by atoms with E-state index in [0.717, 1.165) is 17.3 Å². The number of ether oxygens (including phenoxy) is 1. The molecule has 0 bridgehead atoms. The molecule has 110 valence electrons. The van der Waals surface area contributed by atoms with Gasteiger partial charge in [-0.3, -0.25) is 19.7 Å². The second kappa shape index (κ2) is 6.94. The number of aliphatic carboxylic acids is 1. The maximum absolute atomic E-state index is 11.4. The molecule has 0 atom stereocenters. The maximum Gasteiger partial charge on any atom is 0.303 e. The van der Waals surface area contributed by atoms with Crippen LogP contribution in [0.15, 0.2) is 29.2 Å². The summed E-state index contributed by atoms with van der Waals surface area (Å²) in [6.45, 7) is 0.306. The Hall–Kier alpha value is -2.28. The second-order valence-corrected chi connectivity index (χ2v) is 5.29. The maximum atomic E-state index is 11.4. The lowest BCUT2D eigenvalue weighted by Crippen LogP contribution is -2.17. The average molecular weight is 307 g/mol. The number of rotatable bonds is 6. The molecule has 0 spiro atoms. The number of benzene rings is 1. The first-order chi connectivity index (χ1) is 10.0. The van der Waals surface area contributed by atoms with E-state index in [1.165, 1.54) is 0 Å². The van der Waals surface area contributed by atoms with Gasteiger partial charge in [-0.2, -0.15) is 0 Å². The minimum atomic E-state index is -0.856. The Morgan fingerprint density at radius 2 is 2.19 bits per heavy atom. The smallest absolute Gasteiger partial charge is 0.303 e. The van der Waals surface area contributed by atoms with Crippen molar-refractivity contribution < 1.29 is 24.2 Å². The number of carbonyl (C=O) groups excluding carboxylic acids is 2. The summed E-state index contributed by atoms with van der Waals surface area (Å²) in [7, 11) is 0. The summed E-state index contributed by atoms with van der Waals surface area (Å²) in [5.41, 5.74) is 0.734. The molecule has 0 radical (unpaired) electrons. The summed E-state index contributed by atoms with van der Waals surface area (Å²) >= 11 is 0.854. The first-order valence-corrected chi connectivity index (χ1v) is 7.06. The van der Waals surface area contributed by atoms with Gasteiger partial charge in [0.1, 0.15) is 5.75 Å². The molecule has 1 heterocycles. The molecule has 1 aliphatic heterocycles. The third kappa shape index (κ3) is 4.64. The van der Waals surface area contributed by atoms with Crippen molar-refractivity contribution in [2.45, 2.75) is 12.8 Å². The van der Waals surface area contributed by atoms with Crippen LogP contribution < -0.4 is 10.1 Å². The summed E-state index contributed by atoms with van der Waals surface area (Å²) in [4.78, 5) is 33.2. The summed E-state index contributed by atoms with van der Waals surface area (Å²) < 4.78 is 5.44. The highest BCUT2D eigenvalue weighted by molar-refractivity contribution is 8.18. The van der Waals surface area contributed by atoms with E-state index in [9.17, 15) is 14.4 Å². The van der Waals surface area contributed by atoms with Crippen LogP contribution in [-0.2, 0) is 9.59 Å². The average Bonchev–Trinajstić information content (AvgIpc) is 2.73. The molecule has 7 heteroatoms. The molecule has 2 rings (SSSR count). The summed E-state index contributed by atoms with van der Waals surface area (Å²) in [5, 5.41) is 10.3. The van der Waals surface area contributed by atoms with Gasteiger partial charge < -0.3 is 9.84 Å². The van der Waals surface area contributed by atoms with Crippen LogP contribution in [0.4, 0.5) is 4.79 Å². The lowest BCUT2D eigenvalue weighted by molar-refractivity contribution is -0.137. The van der Waals surface area contributed by atoms with E-state index < -0.39 is 11.9 Å². The number of amides is 2. The minimum absolute atomic E-state index is 0.0582. The fraction of sp³-hybridized carbons (Fsp3) is 0.214. The molecule has 1 fully saturated rings. The van der Waals surface area contributed by atoms with Crippen LogP contribution in [0.25, 0.3) is 6.08 Å². The quantitative estimate of drug-likeness (QED) is 0.618. The first-order valence-electron chi connectivity index (χ1n) is 6.24. The number of carbonyl (C=O) groups is 3. The van der Waals surface area contributed by atoms with Gasteiger partial charge in [0.15, 0.2) is 0 Å². The zero-order chi connectivity index (χ0) is 15.2. The van der Waals surface area contributed by atoms with Crippen LogP contribution in [-0.4, -0.2) is 28.8 Å². The molecule has 0 aromatic heterocycles. The predicted molar refractivity (Wildman–Crippen MR) is 77.9 cm³/mol. The monoisotopic (exact) mass is 307 g/mol. The van der Waals surface area contributed by atoms with Gasteiger partial charge in [-0.05, 0) is 42.0 Å². The van der Waals surface area contributed by atoms with Gasteiger partial charge >= 0.3 is 5.97 Å². The molecular formula is C14H13NO5S. The van der Waals surface area contributed by atoms with Crippen molar-refractivity contribution in [2.75, 3.05) is 6.61 Å². The lowest BCUT2D eigenvalue weighted by Gasteiger charge is -2.06. The molecule has 1 saturated heterocycles. The highest BCUT2D eigenvalue weighted by Gasteiger charge is 2.24. The third-order valence-electron chi connectivity index (χ3n) is 2.60. The van der Waals surface area contributed by atoms with E-state index in [0.29, 0.717) is 23.7 Å². The summed E-state index contributed by atoms with van der Waals surface area (Å²) in [6.07, 6.45) is 2.09.